The Kier molecular flexibility index (Phi) is 8.66. The molecule has 1 saturated heterocycles. The second-order valence-corrected chi connectivity index (χ2v) is 15.7. The molecule has 14 nitrogen and oxygen atoms in total. The number of benzene rings is 3. The Bertz CT molecular complexity index is 2710. The Balaban J connectivity index is 1.23. The number of ether oxygens (including phenoxy) is 2. The highest BCUT2D eigenvalue weighted by Gasteiger charge is 2.76. The summed E-state index contributed by atoms with van der Waals surface area (Å²) in [6, 6.07) is 11.3. The van der Waals surface area contributed by atoms with Crippen LogP contribution in [0.4, 0.5) is 10.1 Å². The predicted octanol–water partition coefficient (Wildman–Crippen LogP) is 4.12. The van der Waals surface area contributed by atoms with E-state index in [0.717, 1.165) is 21.6 Å². The van der Waals surface area contributed by atoms with Gasteiger partial charge in [0.25, 0.3) is 17.4 Å². The summed E-state index contributed by atoms with van der Waals surface area (Å²) in [4.78, 5) is 71.5. The maximum Gasteiger partial charge on any atom is 0.347 e. The van der Waals surface area contributed by atoms with Gasteiger partial charge in [0.2, 0.25) is 0 Å². The fourth-order valence-corrected chi connectivity index (χ4v) is 9.38. The second kappa shape index (κ2) is 13.0. The topological polar surface area (TPSA) is 160 Å². The molecule has 4 heterocycles. The number of phenolic OH excluding ortho intramolecular Hbond substituents is 1. The summed E-state index contributed by atoms with van der Waals surface area (Å²) in [6.07, 6.45) is 1.14. The Morgan fingerprint density at radius 2 is 1.65 bits per heavy atom. The molecule has 4 unspecified atom stereocenters. The number of aryl methyl sites for hydroxylation is 2. The Labute approximate surface area is 328 Å². The van der Waals surface area contributed by atoms with E-state index in [1.165, 1.54) is 46.3 Å². The number of rotatable bonds is 7. The first-order valence-electron chi connectivity index (χ1n) is 16.9. The van der Waals surface area contributed by atoms with Crippen molar-refractivity contribution in [3.05, 3.63) is 119 Å². The number of phenols is 1. The third kappa shape index (κ3) is 5.17. The number of nitrogens with zero attached hydrogens (tertiary/aromatic N) is 6. The Morgan fingerprint density at radius 3 is 2.35 bits per heavy atom. The van der Waals surface area contributed by atoms with E-state index in [4.69, 9.17) is 32.7 Å². The van der Waals surface area contributed by atoms with E-state index in [0.29, 0.717) is 32.6 Å². The highest BCUT2D eigenvalue weighted by atomic mass is 79.9. The molecule has 5 aromatic rings. The molecule has 1 N–H and O–H groups in total. The number of aromatic nitrogens is 5. The third-order valence-corrected chi connectivity index (χ3v) is 12.7. The van der Waals surface area contributed by atoms with Gasteiger partial charge < -0.3 is 19.1 Å². The number of hydrogen-bond donors (Lipinski definition) is 1. The van der Waals surface area contributed by atoms with Crippen LogP contribution in [0.15, 0.2) is 85.1 Å². The van der Waals surface area contributed by atoms with Crippen LogP contribution in [0.5, 0.6) is 17.2 Å². The van der Waals surface area contributed by atoms with Crippen LogP contribution in [-0.4, -0.2) is 64.4 Å². The van der Waals surface area contributed by atoms with Crippen molar-refractivity contribution in [3.8, 4) is 17.2 Å². The van der Waals surface area contributed by atoms with E-state index in [1.54, 1.807) is 37.4 Å². The van der Waals surface area contributed by atoms with Gasteiger partial charge in [-0.1, -0.05) is 22.0 Å². The zero-order valence-electron chi connectivity index (χ0n) is 29.3. The molecule has 1 aliphatic carbocycles. The maximum absolute atomic E-state index is 14.5. The SMILES string of the molecule is COc1cc2nc(CCn3c(=O)n4n(c3=O)C3CC5(Cl)C(=O)N(c6ccc(F)cc6)C(=O)C5(Cl)C(c5cc(Br)ccc5O)C3=CC4)c(=O)n(C)c2cc1OC. The lowest BCUT2D eigenvalue weighted by Gasteiger charge is -2.49. The van der Waals surface area contributed by atoms with Crippen molar-refractivity contribution in [2.45, 2.75) is 47.6 Å². The van der Waals surface area contributed by atoms with Gasteiger partial charge in [-0.2, -0.15) is 0 Å². The van der Waals surface area contributed by atoms with E-state index in [9.17, 15) is 33.5 Å². The van der Waals surface area contributed by atoms with E-state index < -0.39 is 62.7 Å². The molecule has 2 aromatic heterocycles. The van der Waals surface area contributed by atoms with Gasteiger partial charge in [0.1, 0.15) is 17.3 Å². The van der Waals surface area contributed by atoms with E-state index in [2.05, 4.69) is 20.9 Å². The van der Waals surface area contributed by atoms with Gasteiger partial charge in [-0.15, -0.1) is 23.2 Å². The molecule has 284 valence electrons. The van der Waals surface area contributed by atoms with Crippen LogP contribution in [0.25, 0.3) is 11.0 Å². The van der Waals surface area contributed by atoms with Crippen LogP contribution in [0, 0.1) is 5.82 Å². The minimum Gasteiger partial charge on any atom is -0.508 e. The number of carbonyl (C=O) groups is 2. The predicted molar refractivity (Wildman–Crippen MR) is 203 cm³/mol. The molecular weight excluding hydrogens is 826 g/mol. The number of aromatic hydroxyl groups is 1. The number of methoxy groups -OCH3 is 2. The van der Waals surface area contributed by atoms with Gasteiger partial charge in [-0.3, -0.25) is 14.4 Å². The van der Waals surface area contributed by atoms with Crippen molar-refractivity contribution in [1.82, 2.24) is 23.5 Å². The average molecular weight is 856 g/mol. The van der Waals surface area contributed by atoms with Crippen molar-refractivity contribution < 1.29 is 28.6 Å². The molecule has 0 radical (unpaired) electrons. The van der Waals surface area contributed by atoms with Crippen LogP contribution >= 0.6 is 39.1 Å². The second-order valence-electron chi connectivity index (χ2n) is 13.5. The maximum atomic E-state index is 14.5. The fourth-order valence-electron chi connectivity index (χ4n) is 8.09. The fraction of sp³-hybridized carbons (Fsp3) is 0.297. The first-order valence-corrected chi connectivity index (χ1v) is 18.5. The molecule has 0 bridgehead atoms. The highest BCUT2D eigenvalue weighted by molar-refractivity contribution is 9.10. The van der Waals surface area contributed by atoms with Gasteiger partial charge in [-0.05, 0) is 48.0 Å². The molecule has 55 heavy (non-hydrogen) atoms. The monoisotopic (exact) mass is 854 g/mol. The van der Waals surface area contributed by atoms with Gasteiger partial charge in [0.05, 0.1) is 43.5 Å². The van der Waals surface area contributed by atoms with E-state index in [1.807, 2.05) is 0 Å². The number of imide groups is 1. The van der Waals surface area contributed by atoms with Gasteiger partial charge in [0, 0.05) is 54.5 Å². The van der Waals surface area contributed by atoms with Crippen LogP contribution in [0.2, 0.25) is 0 Å². The van der Waals surface area contributed by atoms with Crippen LogP contribution in [0.3, 0.4) is 0 Å². The number of alkyl halides is 2. The smallest absolute Gasteiger partial charge is 0.347 e. The molecule has 2 amide bonds. The van der Waals surface area contributed by atoms with Crippen molar-refractivity contribution in [1.29, 1.82) is 0 Å². The van der Waals surface area contributed by atoms with Crippen molar-refractivity contribution in [3.63, 3.8) is 0 Å². The lowest BCUT2D eigenvalue weighted by atomic mass is 9.64. The number of amides is 2. The van der Waals surface area contributed by atoms with Gasteiger partial charge in [0.15, 0.2) is 21.2 Å². The van der Waals surface area contributed by atoms with Crippen molar-refractivity contribution in [2.24, 2.45) is 7.05 Å². The van der Waals surface area contributed by atoms with Gasteiger partial charge in [-0.25, -0.2) is 37.8 Å². The summed E-state index contributed by atoms with van der Waals surface area (Å²) in [5, 5.41) is 11.2. The minimum atomic E-state index is -2.25. The largest absolute Gasteiger partial charge is 0.508 e. The molecule has 4 atom stereocenters. The number of anilines is 1. The lowest BCUT2D eigenvalue weighted by molar-refractivity contribution is -0.122. The third-order valence-electron chi connectivity index (χ3n) is 10.8. The number of fused-ring (bicyclic) bond motifs is 5. The van der Waals surface area contributed by atoms with Crippen LogP contribution in [-0.2, 0) is 36.1 Å². The van der Waals surface area contributed by atoms with Crippen molar-refractivity contribution >= 4 is 67.7 Å². The van der Waals surface area contributed by atoms with E-state index >= 15 is 0 Å². The summed E-state index contributed by atoms with van der Waals surface area (Å²) >= 11 is 18.1. The summed E-state index contributed by atoms with van der Waals surface area (Å²) in [6.45, 7) is -0.368. The highest BCUT2D eigenvalue weighted by Crippen LogP contribution is 2.64. The summed E-state index contributed by atoms with van der Waals surface area (Å²) in [5.41, 5.74) is -0.376. The molecule has 8 rings (SSSR count). The lowest BCUT2D eigenvalue weighted by Crippen LogP contribution is -2.59. The molecule has 18 heteroatoms. The number of carbonyl (C=O) groups excluding carboxylic acids is 2. The van der Waals surface area contributed by atoms with Crippen LogP contribution < -0.4 is 31.3 Å². The quantitative estimate of drug-likeness (QED) is 0.144. The molecule has 2 aliphatic heterocycles. The Hall–Kier alpha value is -5.19. The summed E-state index contributed by atoms with van der Waals surface area (Å²) in [7, 11) is 4.51. The first kappa shape index (κ1) is 36.8. The van der Waals surface area contributed by atoms with E-state index in [-0.39, 0.29) is 42.2 Å². The molecular formula is C37H30BrCl2FN6O8. The Morgan fingerprint density at radius 1 is 0.964 bits per heavy atom. The minimum absolute atomic E-state index is 0.0197. The number of allylic oxidation sites excluding steroid dienone is 2. The molecule has 3 aromatic carbocycles. The molecule has 2 fully saturated rings. The van der Waals surface area contributed by atoms with Crippen molar-refractivity contribution in [2.75, 3.05) is 19.1 Å². The molecule has 0 spiro atoms. The normalized spacial score (nSPS) is 23.0. The first-order chi connectivity index (χ1) is 26.2. The summed E-state index contributed by atoms with van der Waals surface area (Å²) < 4.78 is 29.9. The summed E-state index contributed by atoms with van der Waals surface area (Å²) in [5.74, 6) is -3.17. The standard InChI is InChI=1S/C37H30BrCl2FN6O8/c1-43-25-16-29(55-3)28(54-2)15-24(25)42-23(31(43)49)11-12-44-34(52)45-13-10-21-26(47(45)35(44)53)17-36(39)32(50)46(20-7-5-19(41)6-8-20)33(51)37(36,40)30(21)22-14-18(38)4-9-27(22)48/h4-10,14-16,26,30,48H,11-13,17H2,1-3H3. The zero-order valence-corrected chi connectivity index (χ0v) is 32.4. The number of hydrogen-bond acceptors (Lipinski definition) is 9. The van der Waals surface area contributed by atoms with Crippen LogP contribution in [0.1, 0.15) is 29.6 Å². The average Bonchev–Trinajstić information content (AvgIpc) is 3.50. The number of halogens is 4. The van der Waals surface area contributed by atoms with Gasteiger partial charge >= 0.3 is 11.4 Å². The zero-order chi connectivity index (χ0) is 39.3. The molecule has 3 aliphatic rings. The molecule has 1 saturated carbocycles.